The number of nitrogens with zero attached hydrogens (tertiary/aromatic N) is 3. The molecule has 2 aromatic rings. The quantitative estimate of drug-likeness (QED) is 0.770. The van der Waals surface area contributed by atoms with Crippen molar-refractivity contribution in [2.24, 2.45) is 0 Å². The number of anilines is 2. The van der Waals surface area contributed by atoms with Gasteiger partial charge in [0, 0.05) is 38.2 Å². The summed E-state index contributed by atoms with van der Waals surface area (Å²) in [7, 11) is 1.69. The van der Waals surface area contributed by atoms with Crippen molar-refractivity contribution >= 4 is 11.8 Å². The molecule has 1 aromatic carbocycles. The number of aliphatic hydroxyl groups is 1. The summed E-state index contributed by atoms with van der Waals surface area (Å²) in [4.78, 5) is 11.4. The number of nitrogens with one attached hydrogen (secondary N) is 1. The van der Waals surface area contributed by atoms with E-state index in [1.807, 2.05) is 29.2 Å². The van der Waals surface area contributed by atoms with Crippen molar-refractivity contribution in [3.05, 3.63) is 41.6 Å². The first-order valence-corrected chi connectivity index (χ1v) is 9.48. The Morgan fingerprint density at radius 3 is 2.89 bits per heavy atom. The van der Waals surface area contributed by atoms with E-state index in [-0.39, 0.29) is 6.10 Å². The summed E-state index contributed by atoms with van der Waals surface area (Å²) >= 11 is 0. The van der Waals surface area contributed by atoms with Gasteiger partial charge in [0.1, 0.15) is 11.6 Å². The molecular weight excluding hydrogens is 344 g/mol. The molecule has 0 amide bonds. The number of hydrogen-bond donors (Lipinski definition) is 2. The van der Waals surface area contributed by atoms with Gasteiger partial charge in [0.25, 0.3) is 0 Å². The van der Waals surface area contributed by atoms with Crippen LogP contribution in [0.25, 0.3) is 0 Å². The lowest BCUT2D eigenvalue weighted by atomic mass is 10.0. The van der Waals surface area contributed by atoms with Gasteiger partial charge in [-0.05, 0) is 24.5 Å². The Kier molecular flexibility index (Phi) is 5.40. The van der Waals surface area contributed by atoms with Gasteiger partial charge in [-0.2, -0.15) is 4.98 Å². The first-order valence-electron chi connectivity index (χ1n) is 9.48. The predicted octanol–water partition coefficient (Wildman–Crippen LogP) is 1.82. The molecule has 2 aliphatic rings. The van der Waals surface area contributed by atoms with Crippen LogP contribution in [0.1, 0.15) is 23.6 Å². The molecule has 2 aliphatic heterocycles. The fourth-order valence-corrected chi connectivity index (χ4v) is 3.52. The van der Waals surface area contributed by atoms with E-state index in [0.29, 0.717) is 31.6 Å². The van der Waals surface area contributed by atoms with Crippen LogP contribution in [0.5, 0.6) is 5.75 Å². The first kappa shape index (κ1) is 18.0. The van der Waals surface area contributed by atoms with Crippen LogP contribution in [0, 0.1) is 0 Å². The van der Waals surface area contributed by atoms with Crippen molar-refractivity contribution in [3.63, 3.8) is 0 Å². The molecule has 0 radical (unpaired) electrons. The summed E-state index contributed by atoms with van der Waals surface area (Å²) in [5.41, 5.74) is 2.18. The van der Waals surface area contributed by atoms with E-state index in [4.69, 9.17) is 14.5 Å². The number of benzene rings is 1. The molecule has 2 saturated heterocycles. The van der Waals surface area contributed by atoms with Crippen molar-refractivity contribution in [1.29, 1.82) is 0 Å². The first-order chi connectivity index (χ1) is 13.2. The SMILES string of the molecule is COc1ccccc1CCNc1cc(C2CCOC2)nc(N2CC(O)C2)n1. The van der Waals surface area contributed by atoms with Gasteiger partial charge in [0.05, 0.1) is 25.5 Å². The van der Waals surface area contributed by atoms with Crippen LogP contribution in [0.2, 0.25) is 0 Å². The Morgan fingerprint density at radius 1 is 1.30 bits per heavy atom. The number of para-hydroxylation sites is 1. The van der Waals surface area contributed by atoms with E-state index in [1.165, 1.54) is 0 Å². The highest BCUT2D eigenvalue weighted by atomic mass is 16.5. The number of aromatic nitrogens is 2. The smallest absolute Gasteiger partial charge is 0.227 e. The Hall–Kier alpha value is -2.38. The monoisotopic (exact) mass is 370 g/mol. The molecule has 0 saturated carbocycles. The Balaban J connectivity index is 1.47. The number of aliphatic hydroxyl groups excluding tert-OH is 1. The van der Waals surface area contributed by atoms with Gasteiger partial charge >= 0.3 is 0 Å². The molecule has 1 atom stereocenters. The molecule has 2 fully saturated rings. The summed E-state index contributed by atoms with van der Waals surface area (Å²) in [5, 5.41) is 13.0. The minimum Gasteiger partial charge on any atom is -0.496 e. The predicted molar refractivity (Wildman–Crippen MR) is 104 cm³/mol. The zero-order valence-electron chi connectivity index (χ0n) is 15.6. The highest BCUT2D eigenvalue weighted by molar-refractivity contribution is 5.46. The molecule has 27 heavy (non-hydrogen) atoms. The standard InChI is InChI=1S/C20H26N4O3/c1-26-18-5-3-2-4-14(18)6-8-21-19-10-17(15-7-9-27-13-15)22-20(23-19)24-11-16(25)12-24/h2-5,10,15-16,25H,6-9,11-13H2,1H3,(H,21,22,23). The largest absolute Gasteiger partial charge is 0.496 e. The summed E-state index contributed by atoms with van der Waals surface area (Å²) in [5.74, 6) is 2.72. The van der Waals surface area contributed by atoms with Gasteiger partial charge in [-0.25, -0.2) is 4.98 Å². The lowest BCUT2D eigenvalue weighted by molar-refractivity contribution is 0.140. The highest BCUT2D eigenvalue weighted by Gasteiger charge is 2.28. The normalized spacial score (nSPS) is 19.8. The zero-order chi connectivity index (χ0) is 18.6. The molecule has 7 nitrogen and oxygen atoms in total. The summed E-state index contributed by atoms with van der Waals surface area (Å²) in [6.07, 6.45) is 1.54. The van der Waals surface area contributed by atoms with Gasteiger partial charge in [0.2, 0.25) is 5.95 Å². The summed E-state index contributed by atoms with van der Waals surface area (Å²) < 4.78 is 10.9. The molecule has 7 heteroatoms. The van der Waals surface area contributed by atoms with E-state index in [9.17, 15) is 5.11 Å². The highest BCUT2D eigenvalue weighted by Crippen LogP contribution is 2.28. The fourth-order valence-electron chi connectivity index (χ4n) is 3.52. The van der Waals surface area contributed by atoms with Crippen molar-refractivity contribution in [2.45, 2.75) is 24.9 Å². The number of β-amino-alcohol motifs (C(OH)–C–C–N with tert-alkyl or cyclic N) is 1. The number of methoxy groups -OCH3 is 1. The lowest BCUT2D eigenvalue weighted by Crippen LogP contribution is -2.51. The summed E-state index contributed by atoms with van der Waals surface area (Å²) in [6.45, 7) is 3.42. The molecule has 2 N–H and O–H groups in total. The van der Waals surface area contributed by atoms with Crippen molar-refractivity contribution < 1.29 is 14.6 Å². The molecular formula is C20H26N4O3. The van der Waals surface area contributed by atoms with E-state index in [1.54, 1.807) is 7.11 Å². The second-order valence-corrected chi connectivity index (χ2v) is 7.09. The van der Waals surface area contributed by atoms with Crippen LogP contribution in [-0.2, 0) is 11.2 Å². The second kappa shape index (κ2) is 8.10. The Labute approximate surface area is 159 Å². The van der Waals surface area contributed by atoms with Crippen LogP contribution in [-0.4, -0.2) is 61.1 Å². The van der Waals surface area contributed by atoms with Crippen LogP contribution in [0.3, 0.4) is 0 Å². The maximum absolute atomic E-state index is 9.60. The molecule has 0 aliphatic carbocycles. The third-order valence-corrected chi connectivity index (χ3v) is 5.12. The fraction of sp³-hybridized carbons (Fsp3) is 0.500. The van der Waals surface area contributed by atoms with Crippen LogP contribution < -0.4 is 15.0 Å². The number of ether oxygens (including phenoxy) is 2. The minimum absolute atomic E-state index is 0.283. The van der Waals surface area contributed by atoms with Crippen molar-refractivity contribution in [3.8, 4) is 5.75 Å². The van der Waals surface area contributed by atoms with Gasteiger partial charge in [0.15, 0.2) is 0 Å². The minimum atomic E-state index is -0.283. The maximum atomic E-state index is 9.60. The maximum Gasteiger partial charge on any atom is 0.227 e. The molecule has 0 bridgehead atoms. The summed E-state index contributed by atoms with van der Waals surface area (Å²) in [6, 6.07) is 10.1. The molecule has 144 valence electrons. The number of hydrogen-bond acceptors (Lipinski definition) is 7. The molecule has 4 rings (SSSR count). The molecule has 1 unspecified atom stereocenters. The van der Waals surface area contributed by atoms with Gasteiger partial charge in [-0.1, -0.05) is 18.2 Å². The van der Waals surface area contributed by atoms with E-state index < -0.39 is 0 Å². The molecule has 3 heterocycles. The van der Waals surface area contributed by atoms with E-state index in [2.05, 4.69) is 16.4 Å². The van der Waals surface area contributed by atoms with E-state index in [0.717, 1.165) is 48.8 Å². The van der Waals surface area contributed by atoms with Gasteiger partial charge in [-0.3, -0.25) is 0 Å². The molecule has 0 spiro atoms. The Morgan fingerprint density at radius 2 is 2.15 bits per heavy atom. The Bertz CT molecular complexity index is 774. The van der Waals surface area contributed by atoms with Crippen LogP contribution >= 0.6 is 0 Å². The second-order valence-electron chi connectivity index (χ2n) is 7.09. The molecule has 1 aromatic heterocycles. The van der Waals surface area contributed by atoms with Crippen molar-refractivity contribution in [2.75, 3.05) is 50.2 Å². The van der Waals surface area contributed by atoms with Gasteiger partial charge in [-0.15, -0.1) is 0 Å². The van der Waals surface area contributed by atoms with Crippen molar-refractivity contribution in [1.82, 2.24) is 9.97 Å². The topological polar surface area (TPSA) is 79.7 Å². The van der Waals surface area contributed by atoms with Crippen LogP contribution in [0.4, 0.5) is 11.8 Å². The number of rotatable bonds is 7. The third-order valence-electron chi connectivity index (χ3n) is 5.12. The average Bonchev–Trinajstić information content (AvgIpc) is 3.20. The zero-order valence-corrected chi connectivity index (χ0v) is 15.6. The third kappa shape index (κ3) is 4.14. The lowest BCUT2D eigenvalue weighted by Gasteiger charge is -2.36. The van der Waals surface area contributed by atoms with Crippen LogP contribution in [0.15, 0.2) is 30.3 Å². The van der Waals surface area contributed by atoms with E-state index >= 15 is 0 Å². The van der Waals surface area contributed by atoms with Gasteiger partial charge < -0.3 is 24.8 Å². The average molecular weight is 370 g/mol.